The first-order valence-electron chi connectivity index (χ1n) is 4.75. The van der Waals surface area contributed by atoms with E-state index < -0.39 is 0 Å². The van der Waals surface area contributed by atoms with E-state index in [-0.39, 0.29) is 0 Å². The van der Waals surface area contributed by atoms with E-state index in [0.29, 0.717) is 0 Å². The highest BCUT2D eigenvalue weighted by Gasteiger charge is 1.96. The Morgan fingerprint density at radius 3 is 2.86 bits per heavy atom. The van der Waals surface area contributed by atoms with E-state index >= 15 is 0 Å². The Morgan fingerprint density at radius 1 is 1.29 bits per heavy atom. The summed E-state index contributed by atoms with van der Waals surface area (Å²) in [5.41, 5.74) is 1.28. The van der Waals surface area contributed by atoms with Gasteiger partial charge in [0, 0.05) is 13.1 Å². The van der Waals surface area contributed by atoms with Gasteiger partial charge in [0.25, 0.3) is 0 Å². The molecule has 2 heteroatoms. The largest absolute Gasteiger partial charge is 0.368 e. The number of hydrogen-bond acceptors (Lipinski definition) is 2. The van der Waals surface area contributed by atoms with Gasteiger partial charge in [-0.25, -0.2) is 0 Å². The zero-order valence-electron chi connectivity index (χ0n) is 7.96. The molecule has 0 fully saturated rings. The molecular formula is C12H13N2. The first-order chi connectivity index (χ1) is 6.95. The second-order valence-corrected chi connectivity index (χ2v) is 3.15. The number of allylic oxidation sites excluding steroid dienone is 2. The maximum atomic E-state index is 3.31. The van der Waals surface area contributed by atoms with E-state index in [4.69, 9.17) is 0 Å². The van der Waals surface area contributed by atoms with Gasteiger partial charge >= 0.3 is 0 Å². The van der Waals surface area contributed by atoms with Gasteiger partial charge in [-0.1, -0.05) is 36.4 Å². The molecule has 1 radical (unpaired) electrons. The van der Waals surface area contributed by atoms with E-state index in [1.165, 1.54) is 5.56 Å². The minimum Gasteiger partial charge on any atom is -0.368 e. The molecule has 0 aromatic heterocycles. The highest BCUT2D eigenvalue weighted by molar-refractivity contribution is 5.17. The maximum absolute atomic E-state index is 3.31. The van der Waals surface area contributed by atoms with Crippen LogP contribution in [-0.2, 0) is 6.54 Å². The molecule has 0 spiro atoms. The molecule has 0 aliphatic carbocycles. The van der Waals surface area contributed by atoms with Gasteiger partial charge in [-0.2, -0.15) is 0 Å². The second-order valence-electron chi connectivity index (χ2n) is 3.15. The van der Waals surface area contributed by atoms with Gasteiger partial charge < -0.3 is 10.6 Å². The summed E-state index contributed by atoms with van der Waals surface area (Å²) >= 11 is 0. The molecule has 1 aromatic carbocycles. The SMILES string of the molecule is [C]1=CCNC(NCc2ccccc2)=C1. The average Bonchev–Trinajstić information content (AvgIpc) is 2.29. The smallest absolute Gasteiger partial charge is 0.0997 e. The summed E-state index contributed by atoms with van der Waals surface area (Å²) in [5, 5.41) is 6.53. The number of hydrogen-bond donors (Lipinski definition) is 2. The lowest BCUT2D eigenvalue weighted by molar-refractivity contribution is 0.707. The lowest BCUT2D eigenvalue weighted by atomic mass is 10.2. The van der Waals surface area contributed by atoms with Crippen molar-refractivity contribution in [1.29, 1.82) is 0 Å². The Kier molecular flexibility index (Phi) is 2.86. The van der Waals surface area contributed by atoms with Crippen LogP contribution in [0.1, 0.15) is 5.56 Å². The van der Waals surface area contributed by atoms with E-state index in [9.17, 15) is 0 Å². The third-order valence-corrected chi connectivity index (χ3v) is 2.07. The molecule has 2 N–H and O–H groups in total. The van der Waals surface area contributed by atoms with Gasteiger partial charge in [-0.15, -0.1) is 0 Å². The molecule has 0 amide bonds. The van der Waals surface area contributed by atoms with Crippen LogP contribution in [0.4, 0.5) is 0 Å². The second kappa shape index (κ2) is 4.51. The van der Waals surface area contributed by atoms with Crippen molar-refractivity contribution in [2.75, 3.05) is 6.54 Å². The summed E-state index contributed by atoms with van der Waals surface area (Å²) in [6, 6.07) is 10.3. The molecule has 14 heavy (non-hydrogen) atoms. The highest BCUT2D eigenvalue weighted by Crippen LogP contribution is 1.99. The molecule has 0 bridgehead atoms. The van der Waals surface area contributed by atoms with Crippen molar-refractivity contribution in [3.63, 3.8) is 0 Å². The predicted molar refractivity (Wildman–Crippen MR) is 57.2 cm³/mol. The molecule has 0 saturated heterocycles. The van der Waals surface area contributed by atoms with Gasteiger partial charge in [0.1, 0.15) is 0 Å². The Morgan fingerprint density at radius 2 is 2.14 bits per heavy atom. The molecule has 1 aliphatic heterocycles. The van der Waals surface area contributed by atoms with Gasteiger partial charge in [-0.3, -0.25) is 0 Å². The van der Waals surface area contributed by atoms with Gasteiger partial charge in [0.05, 0.1) is 5.82 Å². The van der Waals surface area contributed by atoms with Gasteiger partial charge in [0.15, 0.2) is 0 Å². The average molecular weight is 185 g/mol. The molecule has 71 valence electrons. The quantitative estimate of drug-likeness (QED) is 0.747. The van der Waals surface area contributed by atoms with Crippen LogP contribution in [0.15, 0.2) is 48.3 Å². The van der Waals surface area contributed by atoms with Crippen LogP contribution < -0.4 is 10.6 Å². The standard InChI is InChI=1S/C12H13N2/c1-2-6-11(7-3-1)10-14-12-8-4-5-9-13-12/h1-3,5-8,13-14H,9-10H2. The highest BCUT2D eigenvalue weighted by atomic mass is 15.1. The summed E-state index contributed by atoms with van der Waals surface area (Å²) < 4.78 is 0. The summed E-state index contributed by atoms with van der Waals surface area (Å²) in [6.45, 7) is 1.70. The van der Waals surface area contributed by atoms with Crippen LogP contribution in [0, 0.1) is 6.08 Å². The molecule has 1 heterocycles. The molecular weight excluding hydrogens is 172 g/mol. The fourth-order valence-corrected chi connectivity index (χ4v) is 1.32. The van der Waals surface area contributed by atoms with Crippen LogP contribution in [0.2, 0.25) is 0 Å². The van der Waals surface area contributed by atoms with Crippen molar-refractivity contribution in [2.45, 2.75) is 6.54 Å². The molecule has 0 unspecified atom stereocenters. The monoisotopic (exact) mass is 185 g/mol. The summed E-state index contributed by atoms with van der Waals surface area (Å²) in [5.74, 6) is 1.04. The number of benzene rings is 1. The maximum Gasteiger partial charge on any atom is 0.0997 e. The van der Waals surface area contributed by atoms with Gasteiger partial charge in [0.2, 0.25) is 0 Å². The van der Waals surface area contributed by atoms with Crippen LogP contribution >= 0.6 is 0 Å². The minimum atomic E-state index is 0.849. The molecule has 1 aliphatic rings. The van der Waals surface area contributed by atoms with Gasteiger partial charge in [-0.05, 0) is 17.7 Å². The summed E-state index contributed by atoms with van der Waals surface area (Å²) in [6.07, 6.45) is 6.95. The zero-order valence-corrected chi connectivity index (χ0v) is 7.96. The fraction of sp³-hybridized carbons (Fsp3) is 0.167. The van der Waals surface area contributed by atoms with Crippen LogP contribution in [0.25, 0.3) is 0 Å². The fourth-order valence-electron chi connectivity index (χ4n) is 1.32. The van der Waals surface area contributed by atoms with Crippen molar-refractivity contribution >= 4 is 0 Å². The third kappa shape index (κ3) is 2.39. The van der Waals surface area contributed by atoms with E-state index in [2.05, 4.69) is 28.8 Å². The van der Waals surface area contributed by atoms with Crippen LogP contribution in [0.3, 0.4) is 0 Å². The molecule has 1 aromatic rings. The number of rotatable bonds is 3. The molecule has 2 nitrogen and oxygen atoms in total. The lowest BCUT2D eigenvalue weighted by Gasteiger charge is -2.13. The van der Waals surface area contributed by atoms with E-state index in [0.717, 1.165) is 18.9 Å². The predicted octanol–water partition coefficient (Wildman–Crippen LogP) is 1.58. The number of dihydropyridines is 1. The Bertz CT molecular complexity index is 339. The summed E-state index contributed by atoms with van der Waals surface area (Å²) in [7, 11) is 0. The first kappa shape index (κ1) is 8.88. The van der Waals surface area contributed by atoms with Crippen molar-refractivity contribution in [3.05, 3.63) is 59.9 Å². The zero-order chi connectivity index (χ0) is 9.64. The van der Waals surface area contributed by atoms with E-state index in [1.54, 1.807) is 0 Å². The lowest BCUT2D eigenvalue weighted by Crippen LogP contribution is -2.27. The Labute approximate surface area is 84.3 Å². The molecule has 0 atom stereocenters. The van der Waals surface area contributed by atoms with Crippen LogP contribution in [-0.4, -0.2) is 6.54 Å². The van der Waals surface area contributed by atoms with Crippen LogP contribution in [0.5, 0.6) is 0 Å². The molecule has 0 saturated carbocycles. The minimum absolute atomic E-state index is 0.849. The van der Waals surface area contributed by atoms with Crippen molar-refractivity contribution in [2.24, 2.45) is 0 Å². The number of nitrogens with one attached hydrogen (secondary N) is 2. The Hall–Kier alpha value is -1.70. The topological polar surface area (TPSA) is 24.1 Å². The van der Waals surface area contributed by atoms with E-state index in [1.807, 2.05) is 30.4 Å². The summed E-state index contributed by atoms with van der Waals surface area (Å²) in [4.78, 5) is 0. The normalized spacial score (nSPS) is 14.4. The third-order valence-electron chi connectivity index (χ3n) is 2.07. The Balaban J connectivity index is 1.88. The van der Waals surface area contributed by atoms with Crippen molar-refractivity contribution in [3.8, 4) is 0 Å². The van der Waals surface area contributed by atoms with Crippen molar-refractivity contribution in [1.82, 2.24) is 10.6 Å². The molecule has 2 rings (SSSR count). The first-order valence-corrected chi connectivity index (χ1v) is 4.75. The van der Waals surface area contributed by atoms with Crippen molar-refractivity contribution < 1.29 is 0 Å².